The van der Waals surface area contributed by atoms with Gasteiger partial charge in [-0.25, -0.2) is 0 Å². The van der Waals surface area contributed by atoms with Gasteiger partial charge in [0.15, 0.2) is 0 Å². The summed E-state index contributed by atoms with van der Waals surface area (Å²) in [5.74, 6) is 0.381. The molecule has 0 aromatic heterocycles. The number of likely N-dealkylation sites (tertiary alicyclic amines) is 1. The van der Waals surface area contributed by atoms with Gasteiger partial charge in [-0.1, -0.05) is 29.8 Å². The number of hydrogen-bond acceptors (Lipinski definition) is 4. The third-order valence-corrected chi connectivity index (χ3v) is 6.50. The molecule has 0 unspecified atom stereocenters. The summed E-state index contributed by atoms with van der Waals surface area (Å²) < 4.78 is 6.22. The average molecular weight is 456 g/mol. The van der Waals surface area contributed by atoms with Crippen LogP contribution in [0.5, 0.6) is 5.75 Å². The standard InChI is InChI=1S/C25H30ClN3O3/c1-18(30)29-15-6-5-11-23(29)25(31)27-19-12-13-24(22(26)16-19)32-21-10-7-14-28(17-21)20-8-3-2-4-9-20/h2-4,8-9,12-13,16,21,23H,5-7,10-11,14-15,17H2,1H3,(H,27,31)/t21-,23+/m0/s1. The van der Waals surface area contributed by atoms with Crippen LogP contribution >= 0.6 is 11.6 Å². The van der Waals surface area contributed by atoms with Gasteiger partial charge < -0.3 is 19.9 Å². The largest absolute Gasteiger partial charge is 0.487 e. The van der Waals surface area contributed by atoms with Crippen LogP contribution in [0.1, 0.15) is 39.0 Å². The van der Waals surface area contributed by atoms with E-state index in [2.05, 4.69) is 22.3 Å². The topological polar surface area (TPSA) is 61.9 Å². The van der Waals surface area contributed by atoms with Crippen LogP contribution in [0.25, 0.3) is 0 Å². The minimum Gasteiger partial charge on any atom is -0.487 e. The summed E-state index contributed by atoms with van der Waals surface area (Å²) in [4.78, 5) is 28.6. The lowest BCUT2D eigenvalue weighted by molar-refractivity contribution is -0.138. The summed E-state index contributed by atoms with van der Waals surface area (Å²) in [7, 11) is 0. The third-order valence-electron chi connectivity index (χ3n) is 6.20. The maximum absolute atomic E-state index is 12.8. The minimum atomic E-state index is -0.429. The Morgan fingerprint density at radius 2 is 1.84 bits per heavy atom. The van der Waals surface area contributed by atoms with Crippen LogP contribution in [0.4, 0.5) is 11.4 Å². The Morgan fingerprint density at radius 3 is 2.59 bits per heavy atom. The van der Waals surface area contributed by atoms with Crippen LogP contribution in [-0.4, -0.2) is 48.5 Å². The Morgan fingerprint density at radius 1 is 1.03 bits per heavy atom. The maximum Gasteiger partial charge on any atom is 0.247 e. The highest BCUT2D eigenvalue weighted by Gasteiger charge is 2.30. The van der Waals surface area contributed by atoms with E-state index in [1.54, 1.807) is 17.0 Å². The first-order valence-electron chi connectivity index (χ1n) is 11.4. The van der Waals surface area contributed by atoms with Gasteiger partial charge in [-0.3, -0.25) is 9.59 Å². The molecule has 2 saturated heterocycles. The van der Waals surface area contributed by atoms with Crippen molar-refractivity contribution in [2.24, 2.45) is 0 Å². The molecule has 170 valence electrons. The smallest absolute Gasteiger partial charge is 0.247 e. The summed E-state index contributed by atoms with van der Waals surface area (Å²) in [5.41, 5.74) is 1.81. The second kappa shape index (κ2) is 10.3. The van der Waals surface area contributed by atoms with Crippen LogP contribution in [-0.2, 0) is 9.59 Å². The molecule has 2 aromatic carbocycles. The van der Waals surface area contributed by atoms with Gasteiger partial charge in [-0.05, 0) is 62.4 Å². The number of benzene rings is 2. The van der Waals surface area contributed by atoms with Crippen molar-refractivity contribution >= 4 is 34.8 Å². The average Bonchev–Trinajstić information content (AvgIpc) is 2.81. The number of rotatable bonds is 5. The molecule has 32 heavy (non-hydrogen) atoms. The fourth-order valence-corrected chi connectivity index (χ4v) is 4.79. The highest BCUT2D eigenvalue weighted by molar-refractivity contribution is 6.32. The normalized spacial score (nSPS) is 21.2. The molecule has 4 rings (SSSR count). The molecule has 0 spiro atoms. The number of nitrogens with one attached hydrogen (secondary N) is 1. The fourth-order valence-electron chi connectivity index (χ4n) is 4.57. The van der Waals surface area contributed by atoms with Crippen molar-refractivity contribution < 1.29 is 14.3 Å². The summed E-state index contributed by atoms with van der Waals surface area (Å²) >= 11 is 6.50. The SMILES string of the molecule is CC(=O)N1CCCC[C@@H]1C(=O)Nc1ccc(O[C@H]2CCCN(c3ccccc3)C2)c(Cl)c1. The van der Waals surface area contributed by atoms with E-state index in [4.69, 9.17) is 16.3 Å². The number of carbonyl (C=O) groups is 2. The van der Waals surface area contributed by atoms with E-state index in [1.165, 1.54) is 12.6 Å². The molecular weight excluding hydrogens is 426 g/mol. The van der Waals surface area contributed by atoms with E-state index in [0.29, 0.717) is 29.4 Å². The fraction of sp³-hybridized carbons (Fsp3) is 0.440. The van der Waals surface area contributed by atoms with Gasteiger partial charge in [0.2, 0.25) is 11.8 Å². The number of amides is 2. The number of halogens is 1. The Hall–Kier alpha value is -2.73. The van der Waals surface area contributed by atoms with E-state index in [-0.39, 0.29) is 17.9 Å². The molecule has 2 heterocycles. The van der Waals surface area contributed by atoms with Gasteiger partial charge in [0.25, 0.3) is 0 Å². The molecule has 0 saturated carbocycles. The van der Waals surface area contributed by atoms with Gasteiger partial charge in [-0.15, -0.1) is 0 Å². The maximum atomic E-state index is 12.8. The summed E-state index contributed by atoms with van der Waals surface area (Å²) in [5, 5.41) is 3.38. The van der Waals surface area contributed by atoms with Crippen LogP contribution in [0, 0.1) is 0 Å². The molecule has 2 fully saturated rings. The Balaban J connectivity index is 1.38. The van der Waals surface area contributed by atoms with Crippen molar-refractivity contribution in [2.45, 2.75) is 51.2 Å². The number of anilines is 2. The zero-order valence-electron chi connectivity index (χ0n) is 18.4. The molecule has 0 radical (unpaired) electrons. The van der Waals surface area contributed by atoms with Crippen molar-refractivity contribution in [2.75, 3.05) is 29.9 Å². The highest BCUT2D eigenvalue weighted by Crippen LogP contribution is 2.31. The molecule has 2 aliphatic rings. The molecule has 2 aliphatic heterocycles. The lowest BCUT2D eigenvalue weighted by Crippen LogP contribution is -2.49. The van der Waals surface area contributed by atoms with Crippen molar-refractivity contribution in [1.82, 2.24) is 4.90 Å². The second-order valence-electron chi connectivity index (χ2n) is 8.52. The molecule has 6 nitrogen and oxygen atoms in total. The van der Waals surface area contributed by atoms with Crippen LogP contribution < -0.4 is 15.0 Å². The van der Waals surface area contributed by atoms with Gasteiger partial charge in [0, 0.05) is 31.4 Å². The van der Waals surface area contributed by atoms with Crippen molar-refractivity contribution in [3.63, 3.8) is 0 Å². The monoisotopic (exact) mass is 455 g/mol. The summed E-state index contributed by atoms with van der Waals surface area (Å²) in [6.45, 7) is 3.96. The summed E-state index contributed by atoms with van der Waals surface area (Å²) in [6, 6.07) is 15.3. The first-order chi connectivity index (χ1) is 15.5. The number of hydrogen-bond donors (Lipinski definition) is 1. The van der Waals surface area contributed by atoms with Gasteiger partial charge in [0.1, 0.15) is 17.9 Å². The molecule has 2 amide bonds. The molecule has 0 aliphatic carbocycles. The van der Waals surface area contributed by atoms with Gasteiger partial charge in [0.05, 0.1) is 11.6 Å². The number of nitrogens with zero attached hydrogens (tertiary/aromatic N) is 2. The molecule has 7 heteroatoms. The van der Waals surface area contributed by atoms with Crippen molar-refractivity contribution in [1.29, 1.82) is 0 Å². The van der Waals surface area contributed by atoms with E-state index >= 15 is 0 Å². The number of para-hydroxylation sites is 1. The first-order valence-corrected chi connectivity index (χ1v) is 11.7. The predicted molar refractivity (Wildman–Crippen MR) is 127 cm³/mol. The third kappa shape index (κ3) is 5.36. The van der Waals surface area contributed by atoms with E-state index in [1.807, 2.05) is 24.3 Å². The minimum absolute atomic E-state index is 0.0493. The van der Waals surface area contributed by atoms with E-state index < -0.39 is 6.04 Å². The first kappa shape index (κ1) is 22.5. The Kier molecular flexibility index (Phi) is 7.20. The molecule has 2 atom stereocenters. The quantitative estimate of drug-likeness (QED) is 0.708. The number of piperidine rings is 2. The molecule has 0 bridgehead atoms. The van der Waals surface area contributed by atoms with Crippen LogP contribution in [0.15, 0.2) is 48.5 Å². The molecular formula is C25H30ClN3O3. The zero-order valence-corrected chi connectivity index (χ0v) is 19.2. The highest BCUT2D eigenvalue weighted by atomic mass is 35.5. The predicted octanol–water partition coefficient (Wildman–Crippen LogP) is 4.73. The Bertz CT molecular complexity index is 953. The number of carbonyl (C=O) groups excluding carboxylic acids is 2. The number of ether oxygens (including phenoxy) is 1. The van der Waals surface area contributed by atoms with Crippen molar-refractivity contribution in [3.8, 4) is 5.75 Å². The van der Waals surface area contributed by atoms with Gasteiger partial charge in [-0.2, -0.15) is 0 Å². The van der Waals surface area contributed by atoms with Gasteiger partial charge >= 0.3 is 0 Å². The summed E-state index contributed by atoms with van der Waals surface area (Å²) in [6.07, 6.45) is 4.63. The van der Waals surface area contributed by atoms with Crippen molar-refractivity contribution in [3.05, 3.63) is 53.6 Å². The van der Waals surface area contributed by atoms with E-state index in [0.717, 1.165) is 38.8 Å². The van der Waals surface area contributed by atoms with E-state index in [9.17, 15) is 9.59 Å². The lowest BCUT2D eigenvalue weighted by Gasteiger charge is -2.34. The molecule has 1 N–H and O–H groups in total. The van der Waals surface area contributed by atoms with Crippen LogP contribution in [0.2, 0.25) is 5.02 Å². The molecule has 2 aromatic rings. The Labute approximate surface area is 194 Å². The lowest BCUT2D eigenvalue weighted by atomic mass is 10.0. The zero-order chi connectivity index (χ0) is 22.5. The second-order valence-corrected chi connectivity index (χ2v) is 8.93. The van der Waals surface area contributed by atoms with Crippen LogP contribution in [0.3, 0.4) is 0 Å².